The monoisotopic (exact) mass is 435 g/mol. The van der Waals surface area contributed by atoms with Gasteiger partial charge in [-0.1, -0.05) is 84.0 Å². The van der Waals surface area contributed by atoms with E-state index in [2.05, 4.69) is 11.1 Å². The van der Waals surface area contributed by atoms with Crippen molar-refractivity contribution in [2.75, 3.05) is 5.75 Å². The second-order valence-corrected chi connectivity index (χ2v) is 8.28. The first kappa shape index (κ1) is 21.9. The molecule has 152 valence electrons. The maximum atomic E-state index is 13.1. The van der Waals surface area contributed by atoms with E-state index in [4.69, 9.17) is 11.6 Å². The Kier molecular flexibility index (Phi) is 7.51. The lowest BCUT2D eigenvalue weighted by molar-refractivity contribution is -0.129. The zero-order valence-corrected chi connectivity index (χ0v) is 18.5. The van der Waals surface area contributed by atoms with Crippen LogP contribution in [0.1, 0.15) is 27.9 Å². The van der Waals surface area contributed by atoms with E-state index < -0.39 is 0 Å². The van der Waals surface area contributed by atoms with Crippen LogP contribution in [-0.2, 0) is 17.9 Å². The van der Waals surface area contributed by atoms with Crippen LogP contribution >= 0.6 is 23.4 Å². The normalized spacial score (nSPS) is 10.5. The van der Waals surface area contributed by atoms with E-state index in [0.29, 0.717) is 40.0 Å². The number of nitriles is 1. The molecule has 0 aliphatic rings. The van der Waals surface area contributed by atoms with E-state index in [1.807, 2.05) is 65.6 Å². The third-order valence-corrected chi connectivity index (χ3v) is 6.25. The zero-order valence-electron chi connectivity index (χ0n) is 16.9. The molecule has 0 spiro atoms. The number of carbonyl (C=O) groups is 1. The molecule has 0 aliphatic heterocycles. The highest BCUT2D eigenvalue weighted by molar-refractivity contribution is 8.00. The minimum Gasteiger partial charge on any atom is -0.333 e. The molecule has 4 nitrogen and oxygen atoms in total. The number of benzene rings is 2. The van der Waals surface area contributed by atoms with Gasteiger partial charge in [0.15, 0.2) is 0 Å². The van der Waals surface area contributed by atoms with Crippen molar-refractivity contribution in [3.05, 3.63) is 93.6 Å². The highest BCUT2D eigenvalue weighted by atomic mass is 35.5. The van der Waals surface area contributed by atoms with E-state index in [-0.39, 0.29) is 11.7 Å². The third-order valence-electron chi connectivity index (χ3n) is 4.73. The van der Waals surface area contributed by atoms with Crippen molar-refractivity contribution < 1.29 is 4.79 Å². The number of aromatic nitrogens is 1. The summed E-state index contributed by atoms with van der Waals surface area (Å²) in [5.41, 5.74) is 3.93. The number of nitrogens with zero attached hydrogens (tertiary/aromatic N) is 3. The lowest BCUT2D eigenvalue weighted by Crippen LogP contribution is -2.31. The van der Waals surface area contributed by atoms with Gasteiger partial charge in [0, 0.05) is 13.1 Å². The molecule has 0 saturated heterocycles. The Morgan fingerprint density at radius 1 is 1.03 bits per heavy atom. The summed E-state index contributed by atoms with van der Waals surface area (Å²) in [4.78, 5) is 19.4. The zero-order chi connectivity index (χ0) is 21.5. The Morgan fingerprint density at radius 3 is 2.07 bits per heavy atom. The van der Waals surface area contributed by atoms with E-state index in [9.17, 15) is 10.1 Å². The second kappa shape index (κ2) is 10.3. The number of hydrogen-bond donors (Lipinski definition) is 0. The van der Waals surface area contributed by atoms with Crippen LogP contribution < -0.4 is 0 Å². The average Bonchev–Trinajstić information content (AvgIpc) is 2.77. The predicted octanol–water partition coefficient (Wildman–Crippen LogP) is 5.54. The Morgan fingerprint density at radius 2 is 1.57 bits per heavy atom. The minimum absolute atomic E-state index is 0.0105. The molecule has 0 bridgehead atoms. The SMILES string of the molecule is Cc1nc(SCC(=O)N(Cc2ccccc2)Cc2ccccc2)c(C#N)c(C)c1Cl. The molecule has 6 heteroatoms. The molecule has 0 fully saturated rings. The van der Waals surface area contributed by atoms with Crippen molar-refractivity contribution in [2.45, 2.75) is 32.0 Å². The van der Waals surface area contributed by atoms with Gasteiger partial charge in [-0.25, -0.2) is 4.98 Å². The van der Waals surface area contributed by atoms with Gasteiger partial charge in [-0.2, -0.15) is 5.26 Å². The van der Waals surface area contributed by atoms with Crippen LogP contribution in [0.15, 0.2) is 65.7 Å². The number of rotatable bonds is 7. The van der Waals surface area contributed by atoms with Gasteiger partial charge in [-0.15, -0.1) is 0 Å². The maximum Gasteiger partial charge on any atom is 0.233 e. The quantitative estimate of drug-likeness (QED) is 0.457. The van der Waals surface area contributed by atoms with Crippen molar-refractivity contribution >= 4 is 29.3 Å². The molecule has 3 aromatic rings. The summed E-state index contributed by atoms with van der Waals surface area (Å²) in [7, 11) is 0. The van der Waals surface area contributed by atoms with Crippen LogP contribution in [0.2, 0.25) is 5.02 Å². The summed E-state index contributed by atoms with van der Waals surface area (Å²) in [6.45, 7) is 4.65. The highest BCUT2D eigenvalue weighted by Crippen LogP contribution is 2.30. The lowest BCUT2D eigenvalue weighted by atomic mass is 10.1. The van der Waals surface area contributed by atoms with Crippen molar-refractivity contribution in [3.63, 3.8) is 0 Å². The van der Waals surface area contributed by atoms with Crippen molar-refractivity contribution in [2.24, 2.45) is 0 Å². The summed E-state index contributed by atoms with van der Waals surface area (Å²) in [6.07, 6.45) is 0. The van der Waals surface area contributed by atoms with Crippen LogP contribution in [0, 0.1) is 25.2 Å². The van der Waals surface area contributed by atoms with Crippen LogP contribution in [0.5, 0.6) is 0 Å². The van der Waals surface area contributed by atoms with Gasteiger partial charge in [0.2, 0.25) is 5.91 Å². The molecular weight excluding hydrogens is 414 g/mol. The first-order valence-electron chi connectivity index (χ1n) is 9.54. The topological polar surface area (TPSA) is 57.0 Å². The predicted molar refractivity (Wildman–Crippen MR) is 121 cm³/mol. The van der Waals surface area contributed by atoms with Gasteiger partial charge in [0.1, 0.15) is 11.1 Å². The molecule has 1 aromatic heterocycles. The molecule has 0 N–H and O–H groups in total. The lowest BCUT2D eigenvalue weighted by Gasteiger charge is -2.23. The first-order valence-corrected chi connectivity index (χ1v) is 10.9. The number of carbonyl (C=O) groups excluding carboxylic acids is 1. The Bertz CT molecular complexity index is 1020. The maximum absolute atomic E-state index is 13.1. The number of amides is 1. The number of aryl methyl sites for hydroxylation is 1. The van der Waals surface area contributed by atoms with Crippen molar-refractivity contribution in [3.8, 4) is 6.07 Å². The largest absolute Gasteiger partial charge is 0.333 e. The molecule has 0 unspecified atom stereocenters. The molecule has 0 atom stereocenters. The van der Waals surface area contributed by atoms with Crippen LogP contribution in [0.3, 0.4) is 0 Å². The molecule has 3 rings (SSSR count). The first-order chi connectivity index (χ1) is 14.5. The molecule has 30 heavy (non-hydrogen) atoms. The van der Waals surface area contributed by atoms with E-state index >= 15 is 0 Å². The van der Waals surface area contributed by atoms with Gasteiger partial charge >= 0.3 is 0 Å². The van der Waals surface area contributed by atoms with Crippen LogP contribution in [0.25, 0.3) is 0 Å². The number of thioether (sulfide) groups is 1. The van der Waals surface area contributed by atoms with Gasteiger partial charge in [0.25, 0.3) is 0 Å². The van der Waals surface area contributed by atoms with E-state index in [0.717, 1.165) is 11.1 Å². The molecule has 2 aromatic carbocycles. The Balaban J connectivity index is 1.79. The van der Waals surface area contributed by atoms with Crippen molar-refractivity contribution in [1.82, 2.24) is 9.88 Å². The number of pyridine rings is 1. The number of halogens is 1. The summed E-state index contributed by atoms with van der Waals surface area (Å²) in [5.74, 6) is 0.186. The van der Waals surface area contributed by atoms with Crippen LogP contribution in [0.4, 0.5) is 0 Å². The Hall–Kier alpha value is -2.81. The summed E-state index contributed by atoms with van der Waals surface area (Å²) < 4.78 is 0. The third kappa shape index (κ3) is 5.41. The molecule has 1 amide bonds. The van der Waals surface area contributed by atoms with Crippen LogP contribution in [-0.4, -0.2) is 21.5 Å². The molecular formula is C24H22ClN3OS. The van der Waals surface area contributed by atoms with Gasteiger partial charge in [-0.05, 0) is 30.5 Å². The van der Waals surface area contributed by atoms with E-state index in [1.54, 1.807) is 13.8 Å². The fraction of sp³-hybridized carbons (Fsp3) is 0.208. The summed E-state index contributed by atoms with van der Waals surface area (Å²) >= 11 is 7.51. The summed E-state index contributed by atoms with van der Waals surface area (Å²) in [6, 6.07) is 22.0. The molecule has 1 heterocycles. The standard InChI is InChI=1S/C24H22ClN3OS/c1-17-21(13-26)24(27-18(2)23(17)25)30-16-22(29)28(14-19-9-5-3-6-10-19)15-20-11-7-4-8-12-20/h3-12H,14-16H2,1-2H3. The second-order valence-electron chi connectivity index (χ2n) is 6.94. The van der Waals surface area contributed by atoms with Crippen molar-refractivity contribution in [1.29, 1.82) is 5.26 Å². The average molecular weight is 436 g/mol. The fourth-order valence-electron chi connectivity index (χ4n) is 3.10. The smallest absolute Gasteiger partial charge is 0.233 e. The van der Waals surface area contributed by atoms with E-state index in [1.165, 1.54) is 11.8 Å². The fourth-order valence-corrected chi connectivity index (χ4v) is 4.22. The Labute approximate surface area is 186 Å². The molecule has 0 saturated carbocycles. The van der Waals surface area contributed by atoms with Gasteiger partial charge in [-0.3, -0.25) is 4.79 Å². The molecule has 0 radical (unpaired) electrons. The highest BCUT2D eigenvalue weighted by Gasteiger charge is 2.19. The van der Waals surface area contributed by atoms with Gasteiger partial charge in [0.05, 0.1) is 22.0 Å². The summed E-state index contributed by atoms with van der Waals surface area (Å²) in [5, 5.41) is 10.6. The van der Waals surface area contributed by atoms with Gasteiger partial charge < -0.3 is 4.90 Å². The molecule has 0 aliphatic carbocycles. The minimum atomic E-state index is -0.0105. The number of hydrogen-bond acceptors (Lipinski definition) is 4.